The van der Waals surface area contributed by atoms with Crippen LogP contribution in [0.3, 0.4) is 0 Å². The molecule has 2 aliphatic rings. The number of fused-ring (bicyclic) bond motifs is 1. The minimum atomic E-state index is -0.718. The van der Waals surface area contributed by atoms with Gasteiger partial charge in [0.1, 0.15) is 11.8 Å². The van der Waals surface area contributed by atoms with Crippen molar-refractivity contribution in [2.45, 2.75) is 37.5 Å². The Hall–Kier alpha value is -3.68. The first kappa shape index (κ1) is 25.0. The molecule has 0 saturated carbocycles. The van der Waals surface area contributed by atoms with Crippen molar-refractivity contribution in [3.05, 3.63) is 101 Å². The Morgan fingerprint density at radius 1 is 0.946 bits per heavy atom. The second-order valence-electron chi connectivity index (χ2n) is 10.0. The van der Waals surface area contributed by atoms with Crippen LogP contribution in [0.2, 0.25) is 0 Å². The molecule has 4 N–H and O–H groups in total. The number of aromatic hydroxyl groups is 1. The number of nitrogens with one attached hydrogen (secondary N) is 2. The van der Waals surface area contributed by atoms with Gasteiger partial charge < -0.3 is 25.7 Å². The molecule has 2 heterocycles. The average molecular weight is 500 g/mol. The van der Waals surface area contributed by atoms with Crippen molar-refractivity contribution < 1.29 is 19.8 Å². The zero-order valence-electron chi connectivity index (χ0n) is 20.7. The lowest BCUT2D eigenvalue weighted by Gasteiger charge is -2.38. The fraction of sp³-hybridized carbons (Fsp3) is 0.333. The lowest BCUT2D eigenvalue weighted by molar-refractivity contribution is -0.145. The number of aliphatic hydroxyl groups excluding tert-OH is 1. The lowest BCUT2D eigenvalue weighted by atomic mass is 9.86. The summed E-state index contributed by atoms with van der Waals surface area (Å²) in [5.41, 5.74) is 4.11. The van der Waals surface area contributed by atoms with E-state index < -0.39 is 12.1 Å². The van der Waals surface area contributed by atoms with Crippen LogP contribution in [0.15, 0.2) is 78.9 Å². The smallest absolute Gasteiger partial charge is 0.243 e. The Morgan fingerprint density at radius 3 is 2.41 bits per heavy atom. The van der Waals surface area contributed by atoms with Gasteiger partial charge in [0.2, 0.25) is 11.8 Å². The maximum atomic E-state index is 14.0. The van der Waals surface area contributed by atoms with Crippen molar-refractivity contribution in [1.82, 2.24) is 15.5 Å². The fourth-order valence-electron chi connectivity index (χ4n) is 5.51. The van der Waals surface area contributed by atoms with E-state index in [4.69, 9.17) is 0 Å². The summed E-state index contributed by atoms with van der Waals surface area (Å²) in [5.74, 6) is -0.462. The summed E-state index contributed by atoms with van der Waals surface area (Å²) in [5, 5.41) is 26.4. The quantitative estimate of drug-likeness (QED) is 0.400. The molecule has 2 unspecified atom stereocenters. The van der Waals surface area contributed by atoms with Crippen LogP contribution < -0.4 is 10.6 Å². The number of nitrogens with zero attached hydrogens (tertiary/aromatic N) is 1. The maximum absolute atomic E-state index is 14.0. The Labute approximate surface area is 217 Å². The summed E-state index contributed by atoms with van der Waals surface area (Å²) in [6.45, 7) is 1.69. The molecule has 0 radical (unpaired) electrons. The summed E-state index contributed by atoms with van der Waals surface area (Å²) in [7, 11) is 0. The molecule has 2 amide bonds. The molecular formula is C30H33N3O4. The van der Waals surface area contributed by atoms with Crippen LogP contribution in [0.4, 0.5) is 0 Å². The first-order valence-electron chi connectivity index (χ1n) is 12.9. The van der Waals surface area contributed by atoms with Gasteiger partial charge in [0, 0.05) is 44.9 Å². The van der Waals surface area contributed by atoms with Crippen LogP contribution in [-0.4, -0.2) is 58.7 Å². The van der Waals surface area contributed by atoms with Crippen LogP contribution in [0.1, 0.15) is 28.2 Å². The van der Waals surface area contributed by atoms with Crippen LogP contribution in [0.25, 0.3) is 0 Å². The third kappa shape index (κ3) is 5.68. The van der Waals surface area contributed by atoms with E-state index in [0.717, 1.165) is 22.3 Å². The summed E-state index contributed by atoms with van der Waals surface area (Å²) in [6.07, 6.45) is 0.163. The van der Waals surface area contributed by atoms with Crippen LogP contribution >= 0.6 is 0 Å². The summed E-state index contributed by atoms with van der Waals surface area (Å²) >= 11 is 0. The molecule has 37 heavy (non-hydrogen) atoms. The highest BCUT2D eigenvalue weighted by Crippen LogP contribution is 2.33. The van der Waals surface area contributed by atoms with E-state index in [-0.39, 0.29) is 35.9 Å². The zero-order chi connectivity index (χ0) is 25.8. The van der Waals surface area contributed by atoms with Crippen LogP contribution in [0.5, 0.6) is 5.75 Å². The van der Waals surface area contributed by atoms with Gasteiger partial charge in [-0.25, -0.2) is 0 Å². The number of rotatable bonds is 7. The van der Waals surface area contributed by atoms with E-state index in [0.29, 0.717) is 32.5 Å². The van der Waals surface area contributed by atoms with E-state index >= 15 is 0 Å². The highest BCUT2D eigenvalue weighted by molar-refractivity contribution is 5.90. The Bertz CT molecular complexity index is 1230. The number of carbonyl (C=O) groups excluding carboxylic acids is 2. The van der Waals surface area contributed by atoms with E-state index in [1.165, 1.54) is 0 Å². The van der Waals surface area contributed by atoms with Crippen LogP contribution in [-0.2, 0) is 29.0 Å². The highest BCUT2D eigenvalue weighted by atomic mass is 16.3. The number of aliphatic hydroxyl groups is 1. The van der Waals surface area contributed by atoms with Crippen LogP contribution in [0, 0.1) is 5.92 Å². The Balaban J connectivity index is 1.32. The number of amides is 2. The normalized spacial score (nSPS) is 21.8. The second-order valence-corrected chi connectivity index (χ2v) is 10.0. The lowest BCUT2D eigenvalue weighted by Crippen LogP contribution is -2.55. The van der Waals surface area contributed by atoms with Crippen molar-refractivity contribution >= 4 is 11.8 Å². The van der Waals surface area contributed by atoms with Crippen molar-refractivity contribution in [2.24, 2.45) is 5.92 Å². The van der Waals surface area contributed by atoms with Crippen molar-refractivity contribution in [3.8, 4) is 5.75 Å². The number of hydrogen-bond acceptors (Lipinski definition) is 5. The standard InChI is InChI=1S/C30H33N3O4/c34-24-12-10-21(11-13-24)26-17-31-18-27(26)30(37)33-19-23-9-5-4-8-22(23)15-28(33)29(36)32-16-25(35)14-20-6-2-1-3-7-20/h1-13,25-28,31,34-35H,14-19H2,(H,32,36)/t25-,26?,27?,28+/m1/s1. The Morgan fingerprint density at radius 2 is 1.65 bits per heavy atom. The van der Waals surface area contributed by atoms with E-state index in [1.54, 1.807) is 17.0 Å². The van der Waals surface area contributed by atoms with Crippen molar-refractivity contribution in [3.63, 3.8) is 0 Å². The average Bonchev–Trinajstić information content (AvgIpc) is 3.41. The van der Waals surface area contributed by atoms with Gasteiger partial charge in [0.25, 0.3) is 0 Å². The molecule has 2 aliphatic heterocycles. The number of phenols is 1. The molecule has 3 aromatic rings. The van der Waals surface area contributed by atoms with Gasteiger partial charge in [-0.1, -0.05) is 66.7 Å². The molecule has 0 aliphatic carbocycles. The van der Waals surface area contributed by atoms with Gasteiger partial charge in [0.15, 0.2) is 0 Å². The molecular weight excluding hydrogens is 466 g/mol. The topological polar surface area (TPSA) is 102 Å². The molecule has 0 aromatic heterocycles. The fourth-order valence-corrected chi connectivity index (χ4v) is 5.51. The van der Waals surface area contributed by atoms with E-state index in [1.807, 2.05) is 66.7 Å². The molecule has 0 spiro atoms. The highest BCUT2D eigenvalue weighted by Gasteiger charge is 2.42. The monoisotopic (exact) mass is 499 g/mol. The zero-order valence-corrected chi connectivity index (χ0v) is 20.7. The Kier molecular flexibility index (Phi) is 7.53. The first-order chi connectivity index (χ1) is 18.0. The summed E-state index contributed by atoms with van der Waals surface area (Å²) in [6, 6.07) is 24.0. The van der Waals surface area contributed by atoms with E-state index in [9.17, 15) is 19.8 Å². The maximum Gasteiger partial charge on any atom is 0.243 e. The third-order valence-corrected chi connectivity index (χ3v) is 7.51. The molecule has 1 fully saturated rings. The third-order valence-electron chi connectivity index (χ3n) is 7.51. The predicted molar refractivity (Wildman–Crippen MR) is 141 cm³/mol. The molecule has 192 valence electrons. The van der Waals surface area contributed by atoms with Crippen molar-refractivity contribution in [1.29, 1.82) is 0 Å². The minimum absolute atomic E-state index is 0.0401. The van der Waals surface area contributed by atoms with Gasteiger partial charge >= 0.3 is 0 Å². The van der Waals surface area contributed by atoms with Crippen molar-refractivity contribution in [2.75, 3.05) is 19.6 Å². The number of carbonyl (C=O) groups is 2. The SMILES string of the molecule is O=C(NC[C@H](O)Cc1ccccc1)[C@@H]1Cc2ccccc2CN1C(=O)C1CNCC1c1ccc(O)cc1. The summed E-state index contributed by atoms with van der Waals surface area (Å²) in [4.78, 5) is 29.1. The molecule has 4 atom stereocenters. The molecule has 5 rings (SSSR count). The van der Waals surface area contributed by atoms with Gasteiger partial charge in [-0.2, -0.15) is 0 Å². The largest absolute Gasteiger partial charge is 0.508 e. The van der Waals surface area contributed by atoms with Gasteiger partial charge in [-0.3, -0.25) is 9.59 Å². The number of benzene rings is 3. The number of phenolic OH excluding ortho intramolecular Hbond substituents is 1. The molecule has 1 saturated heterocycles. The van der Waals surface area contributed by atoms with Gasteiger partial charge in [-0.05, 0) is 34.4 Å². The molecule has 7 nitrogen and oxygen atoms in total. The minimum Gasteiger partial charge on any atom is -0.508 e. The summed E-state index contributed by atoms with van der Waals surface area (Å²) < 4.78 is 0. The second kappa shape index (κ2) is 11.2. The molecule has 0 bridgehead atoms. The molecule has 3 aromatic carbocycles. The first-order valence-corrected chi connectivity index (χ1v) is 12.9. The predicted octanol–water partition coefficient (Wildman–Crippen LogP) is 2.37. The molecule has 7 heteroatoms. The van der Waals surface area contributed by atoms with E-state index in [2.05, 4.69) is 10.6 Å². The number of hydrogen-bond donors (Lipinski definition) is 4. The van der Waals surface area contributed by atoms with Gasteiger partial charge in [0.05, 0.1) is 12.0 Å². The van der Waals surface area contributed by atoms with Gasteiger partial charge in [-0.15, -0.1) is 0 Å².